The molecule has 30 heavy (non-hydrogen) atoms. The number of aliphatic hydroxyl groups is 1. The van der Waals surface area contributed by atoms with Crippen LogP contribution >= 0.6 is 7.60 Å². The van der Waals surface area contributed by atoms with Crippen LogP contribution in [0.15, 0.2) is 11.1 Å². The molecule has 1 N–H and O–H groups in total. The van der Waals surface area contributed by atoms with Gasteiger partial charge >= 0.3 is 7.60 Å². The van der Waals surface area contributed by atoms with Crippen LogP contribution in [0.2, 0.25) is 0 Å². The van der Waals surface area contributed by atoms with E-state index in [4.69, 9.17) is 9.05 Å². The van der Waals surface area contributed by atoms with Gasteiger partial charge in [0.25, 0.3) is 0 Å². The molecule has 8 atom stereocenters. The Kier molecular flexibility index (Phi) is 6.10. The Morgan fingerprint density at radius 3 is 2.37 bits per heavy atom. The van der Waals surface area contributed by atoms with E-state index in [-0.39, 0.29) is 29.1 Å². The second-order valence-corrected chi connectivity index (χ2v) is 13.3. The van der Waals surface area contributed by atoms with Crippen molar-refractivity contribution in [1.82, 2.24) is 0 Å². The van der Waals surface area contributed by atoms with Gasteiger partial charge in [-0.1, -0.05) is 20.8 Å². The topological polar surface area (TPSA) is 55.8 Å². The summed E-state index contributed by atoms with van der Waals surface area (Å²) in [6.07, 6.45) is 8.00. The Bertz CT molecular complexity index is 745. The highest BCUT2D eigenvalue weighted by Crippen LogP contribution is 2.71. The molecule has 0 aromatic heterocycles. The smallest absolute Gasteiger partial charge is 0.359 e. The maximum atomic E-state index is 15.7. The van der Waals surface area contributed by atoms with Crippen LogP contribution in [0.5, 0.6) is 0 Å². The largest absolute Gasteiger partial charge is 0.396 e. The van der Waals surface area contributed by atoms with Crippen molar-refractivity contribution in [1.29, 1.82) is 0 Å². The van der Waals surface area contributed by atoms with Crippen molar-refractivity contribution >= 4 is 7.60 Å². The van der Waals surface area contributed by atoms with Gasteiger partial charge in [0, 0.05) is 26.7 Å². The Morgan fingerprint density at radius 2 is 1.73 bits per heavy atom. The predicted octanol–water partition coefficient (Wildman–Crippen LogP) is 6.55. The molecule has 4 nitrogen and oxygen atoms in total. The van der Waals surface area contributed by atoms with E-state index in [1.807, 2.05) is 0 Å². The average molecular weight is 443 g/mol. The molecule has 4 rings (SSSR count). The van der Waals surface area contributed by atoms with Gasteiger partial charge in [0.15, 0.2) is 0 Å². The zero-order valence-electron chi connectivity index (χ0n) is 19.3. The summed E-state index contributed by atoms with van der Waals surface area (Å²) < 4.78 is 39.0. The van der Waals surface area contributed by atoms with E-state index in [1.165, 1.54) is 33.5 Å². The number of rotatable bonds is 5. The summed E-state index contributed by atoms with van der Waals surface area (Å²) in [6.45, 7) is 7.24. The molecule has 0 aliphatic heterocycles. The molecule has 0 spiro atoms. The minimum atomic E-state index is -3.51. The maximum absolute atomic E-state index is 15.7. The molecule has 0 bridgehead atoms. The van der Waals surface area contributed by atoms with E-state index in [2.05, 4.69) is 20.8 Å². The lowest BCUT2D eigenvalue weighted by atomic mass is 9.45. The summed E-state index contributed by atoms with van der Waals surface area (Å²) in [5.74, 6) is 2.44. The van der Waals surface area contributed by atoms with E-state index in [9.17, 15) is 9.67 Å². The molecule has 0 saturated heterocycles. The zero-order chi connectivity index (χ0) is 21.9. The van der Waals surface area contributed by atoms with E-state index in [0.717, 1.165) is 25.7 Å². The third-order valence-corrected chi connectivity index (χ3v) is 12.3. The molecule has 4 aliphatic carbocycles. The lowest BCUT2D eigenvalue weighted by molar-refractivity contribution is -0.104. The molecule has 0 aromatic carbocycles. The van der Waals surface area contributed by atoms with Crippen molar-refractivity contribution in [2.75, 3.05) is 20.8 Å². The zero-order valence-corrected chi connectivity index (χ0v) is 20.2. The first-order valence-electron chi connectivity index (χ1n) is 11.9. The van der Waals surface area contributed by atoms with Gasteiger partial charge in [0.2, 0.25) is 0 Å². The highest BCUT2D eigenvalue weighted by molar-refractivity contribution is 7.58. The monoisotopic (exact) mass is 442 g/mol. The first-order chi connectivity index (χ1) is 14.2. The lowest BCUT2D eigenvalue weighted by Gasteiger charge is -2.60. The summed E-state index contributed by atoms with van der Waals surface area (Å²) in [7, 11) is -0.816. The van der Waals surface area contributed by atoms with E-state index < -0.39 is 7.60 Å². The molecular weight excluding hydrogens is 402 g/mol. The summed E-state index contributed by atoms with van der Waals surface area (Å²) in [5, 5.41) is 10.1. The third kappa shape index (κ3) is 3.13. The van der Waals surface area contributed by atoms with Gasteiger partial charge in [0.1, 0.15) is 5.83 Å². The van der Waals surface area contributed by atoms with Gasteiger partial charge < -0.3 is 14.2 Å². The highest BCUT2D eigenvalue weighted by Gasteiger charge is 2.61. The summed E-state index contributed by atoms with van der Waals surface area (Å²) in [5.41, 5.74) is 0.230. The Balaban J connectivity index is 1.63. The van der Waals surface area contributed by atoms with Crippen LogP contribution < -0.4 is 0 Å². The summed E-state index contributed by atoms with van der Waals surface area (Å²) in [6, 6.07) is 0. The van der Waals surface area contributed by atoms with Crippen LogP contribution in [-0.2, 0) is 13.6 Å². The molecule has 0 amide bonds. The minimum Gasteiger partial charge on any atom is -0.396 e. The van der Waals surface area contributed by atoms with Gasteiger partial charge in [-0.2, -0.15) is 0 Å². The van der Waals surface area contributed by atoms with Crippen LogP contribution in [0.1, 0.15) is 72.1 Å². The average Bonchev–Trinajstić information content (AvgIpc) is 3.10. The fraction of sp³-hybridized carbons (Fsp3) is 0.917. The fourth-order valence-electron chi connectivity index (χ4n) is 8.61. The Morgan fingerprint density at radius 1 is 1.07 bits per heavy atom. The first-order valence-corrected chi connectivity index (χ1v) is 13.4. The third-order valence-electron chi connectivity index (χ3n) is 10.2. The lowest BCUT2D eigenvalue weighted by Crippen LogP contribution is -2.53. The molecule has 172 valence electrons. The van der Waals surface area contributed by atoms with Crippen molar-refractivity contribution in [3.8, 4) is 0 Å². The molecule has 3 fully saturated rings. The van der Waals surface area contributed by atoms with Gasteiger partial charge in [0.05, 0.1) is 5.31 Å². The van der Waals surface area contributed by atoms with Crippen molar-refractivity contribution < 1.29 is 23.1 Å². The highest BCUT2D eigenvalue weighted by atomic mass is 31.2. The van der Waals surface area contributed by atoms with Gasteiger partial charge in [-0.25, -0.2) is 4.39 Å². The molecule has 0 radical (unpaired) electrons. The minimum absolute atomic E-state index is 0.0785. The molecule has 0 aromatic rings. The number of allylic oxidation sites excluding steroid dienone is 2. The SMILES string of the molecule is COP(=O)(OC)C1=C(F)[C@@H]2CC[C@@H]3[C@H](CC[C@]4(C)[C@@H](C(C)CO)CC[C@@H]34)[C@@]2(C)CC1. The summed E-state index contributed by atoms with van der Waals surface area (Å²) in [4.78, 5) is 0. The number of halogens is 1. The molecule has 1 unspecified atom stereocenters. The van der Waals surface area contributed by atoms with Crippen LogP contribution in [0.4, 0.5) is 4.39 Å². The van der Waals surface area contributed by atoms with E-state index in [0.29, 0.717) is 41.4 Å². The van der Waals surface area contributed by atoms with Crippen LogP contribution in [0.3, 0.4) is 0 Å². The van der Waals surface area contributed by atoms with Gasteiger partial charge in [-0.3, -0.25) is 4.57 Å². The standard InChI is InChI=1S/C24H40FO4P/c1-15(14-26)17-8-9-18-16-6-7-20-22(25)21(30(27,28-4)29-5)11-13-24(20,3)19(16)10-12-23(17,18)2/h15-20,26H,6-14H2,1-5H3/t15?,16-,17+,18-,19-,20-,23+,24+/m0/s1. The van der Waals surface area contributed by atoms with Gasteiger partial charge in [-0.05, 0) is 91.8 Å². The van der Waals surface area contributed by atoms with Crippen LogP contribution in [0.25, 0.3) is 0 Å². The molecule has 0 heterocycles. The van der Waals surface area contributed by atoms with Crippen LogP contribution in [0, 0.1) is 46.3 Å². The first kappa shape index (κ1) is 23.0. The van der Waals surface area contributed by atoms with Gasteiger partial charge in [-0.15, -0.1) is 0 Å². The molecule has 6 heteroatoms. The predicted molar refractivity (Wildman–Crippen MR) is 117 cm³/mol. The number of hydrogen-bond acceptors (Lipinski definition) is 4. The second-order valence-electron chi connectivity index (χ2n) is 11.1. The van der Waals surface area contributed by atoms with Crippen molar-refractivity contribution in [3.63, 3.8) is 0 Å². The Hall–Kier alpha value is -0.220. The van der Waals surface area contributed by atoms with E-state index in [1.54, 1.807) is 0 Å². The van der Waals surface area contributed by atoms with Crippen molar-refractivity contribution in [2.24, 2.45) is 46.3 Å². The molecule has 4 aliphatic rings. The number of aliphatic hydroxyl groups excluding tert-OH is 1. The van der Waals surface area contributed by atoms with Crippen LogP contribution in [-0.4, -0.2) is 25.9 Å². The van der Waals surface area contributed by atoms with Crippen molar-refractivity contribution in [2.45, 2.75) is 72.1 Å². The fourth-order valence-corrected chi connectivity index (χ4v) is 10.00. The molecule has 3 saturated carbocycles. The number of fused-ring (bicyclic) bond motifs is 5. The second kappa shape index (κ2) is 7.97. The van der Waals surface area contributed by atoms with Crippen molar-refractivity contribution in [3.05, 3.63) is 11.1 Å². The van der Waals surface area contributed by atoms with E-state index >= 15 is 4.39 Å². The maximum Gasteiger partial charge on any atom is 0.359 e. The summed E-state index contributed by atoms with van der Waals surface area (Å²) >= 11 is 0. The Labute approximate surface area is 181 Å². The quantitative estimate of drug-likeness (QED) is 0.491. The normalized spacial score (nSPS) is 45.0. The number of hydrogen-bond donors (Lipinski definition) is 1. The molecular formula is C24H40FO4P.